The van der Waals surface area contributed by atoms with Crippen molar-refractivity contribution in [2.75, 3.05) is 20.8 Å². The highest BCUT2D eigenvalue weighted by Crippen LogP contribution is 2.32. The van der Waals surface area contributed by atoms with E-state index in [2.05, 4.69) is 17.1 Å². The lowest BCUT2D eigenvalue weighted by Gasteiger charge is -2.34. The topological polar surface area (TPSA) is 68.7 Å². The third-order valence-corrected chi connectivity index (χ3v) is 7.65. The Morgan fingerprint density at radius 2 is 1.91 bits per heavy atom. The first-order valence-electron chi connectivity index (χ1n) is 11.8. The lowest BCUT2D eigenvalue weighted by Crippen LogP contribution is -2.48. The largest absolute Gasteiger partial charge is 0.381 e. The minimum absolute atomic E-state index is 0.0312. The third-order valence-electron chi connectivity index (χ3n) is 6.71. The molecule has 180 valence electrons. The van der Waals surface area contributed by atoms with Crippen LogP contribution in [0.15, 0.2) is 41.9 Å². The summed E-state index contributed by atoms with van der Waals surface area (Å²) in [5.74, 6) is -0.0592. The summed E-state index contributed by atoms with van der Waals surface area (Å²) < 4.78 is 11.1. The first-order valence-corrected chi connectivity index (χ1v) is 12.6. The molecule has 0 unspecified atom stereocenters. The second kappa shape index (κ2) is 12.4. The van der Waals surface area contributed by atoms with E-state index in [1.807, 2.05) is 42.3 Å². The summed E-state index contributed by atoms with van der Waals surface area (Å²) >= 11 is 1.60. The molecule has 0 bridgehead atoms. The summed E-state index contributed by atoms with van der Waals surface area (Å²) in [5.41, 5.74) is 1.20. The molecule has 1 amide bonds. The molecule has 0 spiro atoms. The number of carbonyl (C=O) groups is 2. The molecule has 7 heteroatoms. The SMILES string of the molecule is CO[C@H]([C@@H](C)C(=O)C[C@@H](Cc1ccccc1)c1nccs1)[C@@H]1CCCN1C(=O)C[C@H](C)OC. The van der Waals surface area contributed by atoms with Crippen LogP contribution in [0.2, 0.25) is 0 Å². The number of benzene rings is 1. The van der Waals surface area contributed by atoms with E-state index in [4.69, 9.17) is 9.47 Å². The molecule has 0 aliphatic carbocycles. The zero-order valence-corrected chi connectivity index (χ0v) is 20.9. The molecule has 1 aromatic carbocycles. The zero-order chi connectivity index (χ0) is 23.8. The predicted octanol–water partition coefficient (Wildman–Crippen LogP) is 4.50. The van der Waals surface area contributed by atoms with Gasteiger partial charge in [0.2, 0.25) is 5.91 Å². The molecule has 0 N–H and O–H groups in total. The van der Waals surface area contributed by atoms with E-state index in [1.54, 1.807) is 31.8 Å². The molecule has 3 rings (SSSR count). The number of amides is 1. The molecule has 6 nitrogen and oxygen atoms in total. The fourth-order valence-electron chi connectivity index (χ4n) is 4.78. The maximum Gasteiger partial charge on any atom is 0.225 e. The molecule has 1 aliphatic heterocycles. The minimum Gasteiger partial charge on any atom is -0.381 e. The van der Waals surface area contributed by atoms with Gasteiger partial charge >= 0.3 is 0 Å². The molecule has 2 aromatic rings. The Morgan fingerprint density at radius 1 is 1.15 bits per heavy atom. The molecular formula is C26H36N2O4S. The van der Waals surface area contributed by atoms with Crippen molar-refractivity contribution in [2.45, 2.75) is 70.1 Å². The number of hydrogen-bond donors (Lipinski definition) is 0. The van der Waals surface area contributed by atoms with Gasteiger partial charge in [0.25, 0.3) is 0 Å². The van der Waals surface area contributed by atoms with E-state index >= 15 is 0 Å². The molecule has 2 heterocycles. The van der Waals surface area contributed by atoms with Gasteiger partial charge in [0.1, 0.15) is 5.78 Å². The lowest BCUT2D eigenvalue weighted by molar-refractivity contribution is -0.141. The average molecular weight is 473 g/mol. The second-order valence-electron chi connectivity index (χ2n) is 8.96. The third kappa shape index (κ3) is 6.71. The Labute approximate surface area is 201 Å². The maximum absolute atomic E-state index is 13.5. The maximum atomic E-state index is 13.5. The molecule has 1 fully saturated rings. The van der Waals surface area contributed by atoms with Gasteiger partial charge in [-0.3, -0.25) is 9.59 Å². The molecule has 1 aromatic heterocycles. The number of carbonyl (C=O) groups excluding carboxylic acids is 2. The van der Waals surface area contributed by atoms with Crippen molar-refractivity contribution in [2.24, 2.45) is 5.92 Å². The van der Waals surface area contributed by atoms with Gasteiger partial charge in [0.15, 0.2) is 0 Å². The number of ketones is 1. The Hall–Kier alpha value is -2.09. The van der Waals surface area contributed by atoms with Crippen LogP contribution in [0.1, 0.15) is 56.0 Å². The Morgan fingerprint density at radius 3 is 2.55 bits per heavy atom. The number of Topliss-reactive ketones (excluding diaryl/α,β-unsaturated/α-hetero) is 1. The number of ether oxygens (including phenoxy) is 2. The number of methoxy groups -OCH3 is 2. The molecule has 33 heavy (non-hydrogen) atoms. The zero-order valence-electron chi connectivity index (χ0n) is 20.1. The quantitative estimate of drug-likeness (QED) is 0.455. The molecule has 0 radical (unpaired) electrons. The van der Waals surface area contributed by atoms with Crippen LogP contribution in [0.5, 0.6) is 0 Å². The van der Waals surface area contributed by atoms with Crippen LogP contribution in [-0.4, -0.2) is 60.6 Å². The van der Waals surface area contributed by atoms with Crippen molar-refractivity contribution in [3.63, 3.8) is 0 Å². The van der Waals surface area contributed by atoms with Crippen LogP contribution in [0.4, 0.5) is 0 Å². The van der Waals surface area contributed by atoms with Crippen molar-refractivity contribution in [1.29, 1.82) is 0 Å². The normalized spacial score (nSPS) is 19.8. The van der Waals surface area contributed by atoms with Gasteiger partial charge in [0, 0.05) is 50.6 Å². The standard InChI is InChI=1S/C26H36N2O4S/c1-18(31-3)15-24(30)28-13-8-11-22(28)25(32-4)19(2)23(29)17-21(26-27-12-14-33-26)16-20-9-6-5-7-10-20/h5-7,9-10,12,14,18-19,21-22,25H,8,11,13,15-17H2,1-4H3/t18-,19-,21+,22-,25+/m0/s1. The van der Waals surface area contributed by atoms with Crippen LogP contribution >= 0.6 is 11.3 Å². The number of likely N-dealkylation sites (tertiary alicyclic amines) is 1. The molecule has 5 atom stereocenters. The first-order chi connectivity index (χ1) is 15.9. The van der Waals surface area contributed by atoms with E-state index < -0.39 is 0 Å². The van der Waals surface area contributed by atoms with E-state index in [0.717, 1.165) is 24.3 Å². The molecular weight excluding hydrogens is 436 g/mol. The molecule has 1 aliphatic rings. The van der Waals surface area contributed by atoms with E-state index in [-0.39, 0.29) is 41.8 Å². The van der Waals surface area contributed by atoms with Crippen LogP contribution < -0.4 is 0 Å². The van der Waals surface area contributed by atoms with Crippen LogP contribution in [-0.2, 0) is 25.5 Å². The second-order valence-corrected chi connectivity index (χ2v) is 9.89. The summed E-state index contributed by atoms with van der Waals surface area (Å²) in [5, 5.41) is 2.95. The lowest BCUT2D eigenvalue weighted by atomic mass is 9.86. The number of thiazole rings is 1. The number of nitrogens with zero attached hydrogens (tertiary/aromatic N) is 2. The highest BCUT2D eigenvalue weighted by molar-refractivity contribution is 7.09. The van der Waals surface area contributed by atoms with Crippen LogP contribution in [0.3, 0.4) is 0 Å². The Bertz CT molecular complexity index is 874. The van der Waals surface area contributed by atoms with Crippen molar-refractivity contribution < 1.29 is 19.1 Å². The monoisotopic (exact) mass is 472 g/mol. The van der Waals surface area contributed by atoms with Gasteiger partial charge in [-0.1, -0.05) is 37.3 Å². The highest BCUT2D eigenvalue weighted by atomic mass is 32.1. The Kier molecular flexibility index (Phi) is 9.59. The molecule has 0 saturated carbocycles. The van der Waals surface area contributed by atoms with E-state index in [9.17, 15) is 9.59 Å². The fourth-order valence-corrected chi connectivity index (χ4v) is 5.52. The van der Waals surface area contributed by atoms with Crippen molar-refractivity contribution >= 4 is 23.0 Å². The smallest absolute Gasteiger partial charge is 0.225 e. The van der Waals surface area contributed by atoms with Crippen molar-refractivity contribution in [3.05, 3.63) is 52.5 Å². The van der Waals surface area contributed by atoms with Gasteiger partial charge < -0.3 is 14.4 Å². The van der Waals surface area contributed by atoms with E-state index in [1.165, 1.54) is 5.56 Å². The number of rotatable bonds is 12. The number of hydrogen-bond acceptors (Lipinski definition) is 6. The van der Waals surface area contributed by atoms with E-state index in [0.29, 0.717) is 19.4 Å². The molecule has 1 saturated heterocycles. The highest BCUT2D eigenvalue weighted by Gasteiger charge is 2.40. The summed E-state index contributed by atoms with van der Waals surface area (Å²) in [4.78, 5) is 32.8. The summed E-state index contributed by atoms with van der Waals surface area (Å²) in [6.45, 7) is 4.54. The minimum atomic E-state index is -0.324. The summed E-state index contributed by atoms with van der Waals surface area (Å²) in [6.07, 6.45) is 4.64. The average Bonchev–Trinajstić information content (AvgIpc) is 3.52. The van der Waals surface area contributed by atoms with Gasteiger partial charge in [-0.25, -0.2) is 4.98 Å². The van der Waals surface area contributed by atoms with Crippen LogP contribution in [0.25, 0.3) is 0 Å². The first kappa shape index (κ1) is 25.5. The number of aromatic nitrogens is 1. The summed E-state index contributed by atoms with van der Waals surface area (Å²) in [6, 6.07) is 10.1. The summed E-state index contributed by atoms with van der Waals surface area (Å²) in [7, 11) is 3.27. The van der Waals surface area contributed by atoms with Gasteiger partial charge in [-0.05, 0) is 31.7 Å². The fraction of sp³-hybridized carbons (Fsp3) is 0.577. The Balaban J connectivity index is 1.71. The van der Waals surface area contributed by atoms with Gasteiger partial charge in [0.05, 0.1) is 29.7 Å². The van der Waals surface area contributed by atoms with Gasteiger partial charge in [-0.2, -0.15) is 0 Å². The van der Waals surface area contributed by atoms with Gasteiger partial charge in [-0.15, -0.1) is 11.3 Å². The van der Waals surface area contributed by atoms with Crippen molar-refractivity contribution in [1.82, 2.24) is 9.88 Å². The predicted molar refractivity (Wildman–Crippen MR) is 130 cm³/mol. The van der Waals surface area contributed by atoms with Crippen LogP contribution in [0, 0.1) is 5.92 Å². The van der Waals surface area contributed by atoms with Crippen molar-refractivity contribution in [3.8, 4) is 0 Å².